The Morgan fingerprint density at radius 1 is 0.500 bits per heavy atom. The summed E-state index contributed by atoms with van der Waals surface area (Å²) >= 11 is 0. The summed E-state index contributed by atoms with van der Waals surface area (Å²) in [5.74, 6) is 1.23. The van der Waals surface area contributed by atoms with E-state index >= 15 is 0 Å². The molecule has 0 bridgehead atoms. The second-order valence-electron chi connectivity index (χ2n) is 10.9. The number of aromatic nitrogens is 3. The predicted molar refractivity (Wildman–Crippen MR) is 176 cm³/mol. The first kappa shape index (κ1) is 20.9. The van der Waals surface area contributed by atoms with E-state index in [1.807, 2.05) is 97.1 Å². The highest BCUT2D eigenvalue weighted by Crippen LogP contribution is 2.50. The van der Waals surface area contributed by atoms with Gasteiger partial charge in [-0.3, -0.25) is 0 Å². The number of para-hydroxylation sites is 1. The molecule has 2 aromatic heterocycles. The van der Waals surface area contributed by atoms with Gasteiger partial charge in [-0.05, 0) is 34.4 Å². The molecule has 1 aliphatic rings. The van der Waals surface area contributed by atoms with Crippen molar-refractivity contribution in [3.63, 3.8) is 0 Å². The molecule has 0 amide bonds. The Kier molecular flexibility index (Phi) is 4.69. The van der Waals surface area contributed by atoms with E-state index in [0.717, 1.165) is 55.3 Å². The molecule has 6 aromatic carbocycles. The molecule has 4 nitrogen and oxygen atoms in total. The molecule has 0 saturated heterocycles. The summed E-state index contributed by atoms with van der Waals surface area (Å²) in [6, 6.07) is 39.2. The lowest BCUT2D eigenvalue weighted by atomic mass is 9.88. The molecular weight excluding hydrogens is 538 g/mol. The van der Waals surface area contributed by atoms with Crippen LogP contribution in [0.25, 0.3) is 67.2 Å². The Hall–Kier alpha value is -5.87. The van der Waals surface area contributed by atoms with Gasteiger partial charge < -0.3 is 4.42 Å². The maximum atomic E-state index is 8.89. The predicted octanol–water partition coefficient (Wildman–Crippen LogP) is 9.93. The number of nitrogens with zero attached hydrogens (tertiary/aromatic N) is 3. The van der Waals surface area contributed by atoms with Crippen molar-refractivity contribution in [3.8, 4) is 45.3 Å². The molecule has 0 aliphatic heterocycles. The minimum absolute atomic E-state index is 0.228. The van der Waals surface area contributed by atoms with E-state index in [4.69, 9.17) is 24.9 Å². The molecule has 44 heavy (non-hydrogen) atoms. The molecule has 8 aromatic rings. The van der Waals surface area contributed by atoms with Gasteiger partial charge in [0, 0.05) is 38.9 Å². The van der Waals surface area contributed by atoms with Gasteiger partial charge in [0.2, 0.25) is 0 Å². The molecule has 0 atom stereocenters. The van der Waals surface area contributed by atoms with E-state index in [1.165, 1.54) is 12.1 Å². The van der Waals surface area contributed by atoms with Crippen molar-refractivity contribution in [2.45, 2.75) is 5.92 Å². The van der Waals surface area contributed by atoms with Crippen molar-refractivity contribution < 1.29 is 9.90 Å². The molecule has 206 valence electrons. The van der Waals surface area contributed by atoms with Crippen molar-refractivity contribution in [2.75, 3.05) is 0 Å². The molecule has 0 spiro atoms. The number of benzene rings is 6. The van der Waals surface area contributed by atoms with E-state index in [-0.39, 0.29) is 24.2 Å². The van der Waals surface area contributed by atoms with E-state index in [0.29, 0.717) is 28.6 Å². The van der Waals surface area contributed by atoms with Gasteiger partial charge in [-0.25, -0.2) is 15.0 Å². The van der Waals surface area contributed by atoms with Crippen LogP contribution in [0.4, 0.5) is 0 Å². The Labute approximate surface area is 260 Å². The summed E-state index contributed by atoms with van der Waals surface area (Å²) in [5, 5.41) is 1.84. The summed E-state index contributed by atoms with van der Waals surface area (Å²) in [6.07, 6.45) is 0. The van der Waals surface area contributed by atoms with Gasteiger partial charge in [0.1, 0.15) is 11.2 Å². The molecule has 0 saturated carbocycles. The van der Waals surface area contributed by atoms with E-state index < -0.39 is 5.92 Å². The summed E-state index contributed by atoms with van der Waals surface area (Å²) in [4.78, 5) is 14.6. The molecule has 0 radical (unpaired) electrons. The van der Waals surface area contributed by atoms with Crippen molar-refractivity contribution in [1.82, 2.24) is 15.0 Å². The molecule has 4 heteroatoms. The fourth-order valence-corrected chi connectivity index (χ4v) is 6.30. The van der Waals surface area contributed by atoms with Crippen LogP contribution in [0.3, 0.4) is 0 Å². The first-order chi connectivity index (χ1) is 23.4. The zero-order valence-electron chi connectivity index (χ0n) is 27.4. The Balaban J connectivity index is 1.23. The van der Waals surface area contributed by atoms with Crippen LogP contribution in [-0.4, -0.2) is 15.0 Å². The lowest BCUT2D eigenvalue weighted by Gasteiger charge is -2.14. The number of hydrogen-bond acceptors (Lipinski definition) is 4. The fourth-order valence-electron chi connectivity index (χ4n) is 6.30. The maximum Gasteiger partial charge on any atom is 0.164 e. The molecule has 0 N–H and O–H groups in total. The van der Waals surface area contributed by atoms with Crippen molar-refractivity contribution in [1.29, 1.82) is 0 Å². The third-order valence-corrected chi connectivity index (χ3v) is 8.32. The molecular formula is C40H25N3O. The third-order valence-electron chi connectivity index (χ3n) is 8.32. The van der Waals surface area contributed by atoms with Crippen LogP contribution in [-0.2, 0) is 0 Å². The molecule has 9 rings (SSSR count). The first-order valence-corrected chi connectivity index (χ1v) is 14.5. The summed E-state index contributed by atoms with van der Waals surface area (Å²) in [6.45, 7) is 0. The zero-order chi connectivity index (χ0) is 32.5. The van der Waals surface area contributed by atoms with Crippen LogP contribution in [0.1, 0.15) is 28.1 Å². The average molecular weight is 568 g/mol. The van der Waals surface area contributed by atoms with Crippen LogP contribution < -0.4 is 0 Å². The zero-order valence-corrected chi connectivity index (χ0v) is 23.4. The largest absolute Gasteiger partial charge is 0.456 e. The highest BCUT2D eigenvalue weighted by molar-refractivity contribution is 6.07. The standard InChI is InChI=1S/C40H25N3O/c1-3-12-25(13-4-1)38-41-39(26-14-5-2-6-15-26)43-40(42-38)27-22-23-30-33-20-11-21-34(37(33)44-35(30)24-27)36-31-18-9-7-16-28(31)29-17-8-10-19-32(29)36/h1-24,36H/i7D,8D,18D,19D. The van der Waals surface area contributed by atoms with E-state index in [2.05, 4.69) is 0 Å². The second-order valence-corrected chi connectivity index (χ2v) is 10.9. The highest BCUT2D eigenvalue weighted by Gasteiger charge is 2.31. The summed E-state index contributed by atoms with van der Waals surface area (Å²) in [5.41, 5.74) is 7.63. The topological polar surface area (TPSA) is 51.8 Å². The van der Waals surface area contributed by atoms with E-state index in [9.17, 15) is 0 Å². The lowest BCUT2D eigenvalue weighted by Crippen LogP contribution is -2.00. The minimum atomic E-state index is -0.453. The Morgan fingerprint density at radius 2 is 1.09 bits per heavy atom. The molecule has 0 fully saturated rings. The maximum absolute atomic E-state index is 8.89. The number of rotatable bonds is 4. The van der Waals surface area contributed by atoms with E-state index in [1.54, 1.807) is 12.1 Å². The van der Waals surface area contributed by atoms with Crippen molar-refractivity contribution in [2.24, 2.45) is 0 Å². The third kappa shape index (κ3) is 3.89. The van der Waals surface area contributed by atoms with Gasteiger partial charge in [0.15, 0.2) is 17.5 Å². The van der Waals surface area contributed by atoms with Gasteiger partial charge in [0.05, 0.1) is 5.48 Å². The summed E-state index contributed by atoms with van der Waals surface area (Å²) < 4.78 is 41.1. The minimum Gasteiger partial charge on any atom is -0.456 e. The van der Waals surface area contributed by atoms with Gasteiger partial charge in [-0.15, -0.1) is 0 Å². The van der Waals surface area contributed by atoms with Crippen LogP contribution in [0.2, 0.25) is 0 Å². The Morgan fingerprint density at radius 3 is 1.70 bits per heavy atom. The second kappa shape index (κ2) is 9.85. The van der Waals surface area contributed by atoms with Crippen molar-refractivity contribution in [3.05, 3.63) is 162 Å². The molecule has 1 aliphatic carbocycles. The highest BCUT2D eigenvalue weighted by atomic mass is 16.3. The van der Waals surface area contributed by atoms with Crippen molar-refractivity contribution >= 4 is 21.9 Å². The van der Waals surface area contributed by atoms with Crippen LogP contribution in [0.5, 0.6) is 0 Å². The molecule has 2 heterocycles. The lowest BCUT2D eigenvalue weighted by molar-refractivity contribution is 0.661. The number of hydrogen-bond donors (Lipinski definition) is 0. The monoisotopic (exact) mass is 567 g/mol. The van der Waals surface area contributed by atoms with Gasteiger partial charge in [-0.2, -0.15) is 0 Å². The van der Waals surface area contributed by atoms with Gasteiger partial charge >= 0.3 is 0 Å². The van der Waals surface area contributed by atoms with Crippen LogP contribution in [0.15, 0.2) is 150 Å². The fraction of sp³-hybridized carbons (Fsp3) is 0.0250. The van der Waals surface area contributed by atoms with Gasteiger partial charge in [0.25, 0.3) is 0 Å². The average Bonchev–Trinajstić information content (AvgIpc) is 3.64. The quantitative estimate of drug-likeness (QED) is 0.212. The normalized spacial score (nSPS) is 13.7. The molecule has 0 unspecified atom stereocenters. The van der Waals surface area contributed by atoms with Gasteiger partial charge in [-0.1, -0.05) is 133 Å². The van der Waals surface area contributed by atoms with Crippen LogP contribution in [0, 0.1) is 0 Å². The first-order valence-electron chi connectivity index (χ1n) is 16.5. The Bertz CT molecular complexity index is 2450. The smallest absolute Gasteiger partial charge is 0.164 e. The summed E-state index contributed by atoms with van der Waals surface area (Å²) in [7, 11) is 0. The number of furan rings is 1. The number of fused-ring (bicyclic) bond motifs is 6. The SMILES string of the molecule is [2H]c1cc([2H])c2c(c1)-c1cc([2H])cc([2H])c1C2c1cccc2c1oc1cc(-c3nc(-c4ccccc4)nc(-c4ccccc4)n3)ccc12. The van der Waals surface area contributed by atoms with Crippen LogP contribution >= 0.6 is 0 Å².